The van der Waals surface area contributed by atoms with Crippen LogP contribution in [-0.2, 0) is 16.1 Å². The van der Waals surface area contributed by atoms with Crippen LogP contribution in [0.25, 0.3) is 0 Å². The van der Waals surface area contributed by atoms with Crippen molar-refractivity contribution < 1.29 is 14.0 Å². The SMILES string of the molecule is Cc1ccc(NC(=O)CSC(C)C(=O)N(Cc2ccc(F)cc2)C2CC2)cc1. The highest BCUT2D eigenvalue weighted by Gasteiger charge is 2.34. The van der Waals surface area contributed by atoms with Crippen molar-refractivity contribution in [2.24, 2.45) is 0 Å². The molecular formula is C22H25FN2O2S. The first-order valence-corrected chi connectivity index (χ1v) is 10.5. The Hall–Kier alpha value is -2.34. The standard InChI is InChI=1S/C22H25FN2O2S/c1-15-3-9-19(10-4-15)24-21(26)14-28-16(2)22(27)25(20-11-12-20)13-17-5-7-18(23)8-6-17/h3-10,16,20H,11-14H2,1-2H3,(H,24,26). The predicted molar refractivity (Wildman–Crippen MR) is 112 cm³/mol. The van der Waals surface area contributed by atoms with Crippen LogP contribution in [0.2, 0.25) is 0 Å². The van der Waals surface area contributed by atoms with Gasteiger partial charge in [0, 0.05) is 18.3 Å². The van der Waals surface area contributed by atoms with E-state index in [9.17, 15) is 14.0 Å². The monoisotopic (exact) mass is 400 g/mol. The first kappa shape index (κ1) is 20.4. The summed E-state index contributed by atoms with van der Waals surface area (Å²) < 4.78 is 13.1. The van der Waals surface area contributed by atoms with E-state index in [4.69, 9.17) is 0 Å². The molecule has 6 heteroatoms. The lowest BCUT2D eigenvalue weighted by Crippen LogP contribution is -2.38. The number of benzene rings is 2. The predicted octanol–water partition coefficient (Wildman–Crippen LogP) is 4.39. The number of nitrogens with zero attached hydrogens (tertiary/aromatic N) is 1. The Balaban J connectivity index is 1.52. The first-order valence-electron chi connectivity index (χ1n) is 9.45. The number of carbonyl (C=O) groups is 2. The van der Waals surface area contributed by atoms with Gasteiger partial charge in [-0.1, -0.05) is 29.8 Å². The van der Waals surface area contributed by atoms with Crippen LogP contribution in [0.15, 0.2) is 48.5 Å². The third-order valence-corrected chi connectivity index (χ3v) is 5.81. The molecule has 2 aromatic carbocycles. The summed E-state index contributed by atoms with van der Waals surface area (Å²) in [6.45, 7) is 4.31. The molecule has 1 unspecified atom stereocenters. The molecule has 0 radical (unpaired) electrons. The molecule has 1 atom stereocenters. The Labute approximate surface area is 169 Å². The van der Waals surface area contributed by atoms with Gasteiger partial charge >= 0.3 is 0 Å². The summed E-state index contributed by atoms with van der Waals surface area (Å²) in [7, 11) is 0. The van der Waals surface area contributed by atoms with Crippen LogP contribution >= 0.6 is 11.8 Å². The van der Waals surface area contributed by atoms with E-state index in [0.29, 0.717) is 6.54 Å². The second kappa shape index (κ2) is 9.24. The Morgan fingerprint density at radius 1 is 1.14 bits per heavy atom. The molecule has 2 aromatic rings. The zero-order chi connectivity index (χ0) is 20.1. The van der Waals surface area contributed by atoms with E-state index in [-0.39, 0.29) is 34.7 Å². The van der Waals surface area contributed by atoms with Crippen LogP contribution in [0, 0.1) is 12.7 Å². The number of thioether (sulfide) groups is 1. The van der Waals surface area contributed by atoms with Gasteiger partial charge in [-0.15, -0.1) is 11.8 Å². The normalized spacial score (nSPS) is 14.4. The number of carbonyl (C=O) groups excluding carboxylic acids is 2. The Morgan fingerprint density at radius 3 is 2.39 bits per heavy atom. The van der Waals surface area contributed by atoms with Crippen molar-refractivity contribution in [2.75, 3.05) is 11.1 Å². The Kier molecular flexibility index (Phi) is 6.73. The molecule has 1 aliphatic rings. The van der Waals surface area contributed by atoms with Crippen LogP contribution in [0.3, 0.4) is 0 Å². The van der Waals surface area contributed by atoms with Crippen molar-refractivity contribution in [1.29, 1.82) is 0 Å². The van der Waals surface area contributed by atoms with Crippen molar-refractivity contribution >= 4 is 29.3 Å². The number of rotatable bonds is 8. The molecule has 1 N–H and O–H groups in total. The molecule has 3 rings (SSSR count). The highest BCUT2D eigenvalue weighted by atomic mass is 32.2. The molecule has 0 aromatic heterocycles. The highest BCUT2D eigenvalue weighted by molar-refractivity contribution is 8.01. The third kappa shape index (κ3) is 5.83. The number of hydrogen-bond donors (Lipinski definition) is 1. The molecule has 2 amide bonds. The summed E-state index contributed by atoms with van der Waals surface area (Å²) in [5.74, 6) is -0.155. The van der Waals surface area contributed by atoms with Crippen LogP contribution in [0.4, 0.5) is 10.1 Å². The van der Waals surface area contributed by atoms with Crippen molar-refractivity contribution in [2.45, 2.75) is 44.5 Å². The Bertz CT molecular complexity index is 819. The molecule has 0 bridgehead atoms. The summed E-state index contributed by atoms with van der Waals surface area (Å²) in [5, 5.41) is 2.54. The van der Waals surface area contributed by atoms with Crippen LogP contribution in [0.1, 0.15) is 30.9 Å². The van der Waals surface area contributed by atoms with Gasteiger partial charge in [-0.05, 0) is 56.5 Å². The van der Waals surface area contributed by atoms with Gasteiger partial charge in [0.2, 0.25) is 11.8 Å². The number of hydrogen-bond acceptors (Lipinski definition) is 3. The molecule has 0 saturated heterocycles. The lowest BCUT2D eigenvalue weighted by Gasteiger charge is -2.25. The fourth-order valence-electron chi connectivity index (χ4n) is 2.90. The van der Waals surface area contributed by atoms with E-state index >= 15 is 0 Å². The molecule has 4 nitrogen and oxygen atoms in total. The van der Waals surface area contributed by atoms with E-state index in [1.165, 1.54) is 23.9 Å². The minimum absolute atomic E-state index is 0.0277. The molecule has 1 saturated carbocycles. The van der Waals surface area contributed by atoms with Crippen molar-refractivity contribution in [3.05, 3.63) is 65.5 Å². The maximum absolute atomic E-state index is 13.1. The highest BCUT2D eigenvalue weighted by Crippen LogP contribution is 2.30. The second-order valence-electron chi connectivity index (χ2n) is 7.19. The third-order valence-electron chi connectivity index (χ3n) is 4.68. The van der Waals surface area contributed by atoms with Gasteiger partial charge in [-0.25, -0.2) is 4.39 Å². The molecule has 28 heavy (non-hydrogen) atoms. The van der Waals surface area contributed by atoms with E-state index < -0.39 is 0 Å². The zero-order valence-electron chi connectivity index (χ0n) is 16.2. The first-order chi connectivity index (χ1) is 13.4. The summed E-state index contributed by atoms with van der Waals surface area (Å²) in [5.41, 5.74) is 2.80. The number of nitrogens with one attached hydrogen (secondary N) is 1. The average molecular weight is 401 g/mol. The number of aryl methyl sites for hydroxylation is 1. The number of anilines is 1. The van der Waals surface area contributed by atoms with Gasteiger partial charge in [0.1, 0.15) is 5.82 Å². The molecule has 148 valence electrons. The van der Waals surface area contributed by atoms with Gasteiger partial charge in [-0.3, -0.25) is 9.59 Å². The van der Waals surface area contributed by atoms with E-state index in [1.54, 1.807) is 12.1 Å². The van der Waals surface area contributed by atoms with Gasteiger partial charge in [-0.2, -0.15) is 0 Å². The largest absolute Gasteiger partial charge is 0.334 e. The van der Waals surface area contributed by atoms with Gasteiger partial charge < -0.3 is 10.2 Å². The minimum Gasteiger partial charge on any atom is -0.334 e. The van der Waals surface area contributed by atoms with E-state index in [1.807, 2.05) is 43.0 Å². The topological polar surface area (TPSA) is 49.4 Å². The summed E-state index contributed by atoms with van der Waals surface area (Å²) >= 11 is 1.34. The maximum atomic E-state index is 13.1. The average Bonchev–Trinajstić information content (AvgIpc) is 3.52. The van der Waals surface area contributed by atoms with E-state index in [0.717, 1.165) is 29.7 Å². The summed E-state index contributed by atoms with van der Waals surface area (Å²) in [6, 6.07) is 14.1. The summed E-state index contributed by atoms with van der Waals surface area (Å²) in [4.78, 5) is 26.9. The van der Waals surface area contributed by atoms with Crippen LogP contribution < -0.4 is 5.32 Å². The molecule has 0 spiro atoms. The lowest BCUT2D eigenvalue weighted by molar-refractivity contribution is -0.131. The minimum atomic E-state index is -0.315. The van der Waals surface area contributed by atoms with Gasteiger partial charge in [0.05, 0.1) is 11.0 Å². The fourth-order valence-corrected chi connectivity index (χ4v) is 3.65. The number of halogens is 1. The zero-order valence-corrected chi connectivity index (χ0v) is 17.0. The number of amides is 2. The molecule has 1 fully saturated rings. The quantitative estimate of drug-likeness (QED) is 0.715. The van der Waals surface area contributed by atoms with Crippen LogP contribution in [-0.4, -0.2) is 33.8 Å². The molecule has 0 aliphatic heterocycles. The summed E-state index contributed by atoms with van der Waals surface area (Å²) in [6.07, 6.45) is 2.00. The van der Waals surface area contributed by atoms with Crippen molar-refractivity contribution in [1.82, 2.24) is 4.90 Å². The molecular weight excluding hydrogens is 375 g/mol. The van der Waals surface area contributed by atoms with Crippen molar-refractivity contribution in [3.8, 4) is 0 Å². The Morgan fingerprint density at radius 2 is 1.79 bits per heavy atom. The molecule has 1 aliphatic carbocycles. The van der Waals surface area contributed by atoms with Gasteiger partial charge in [0.15, 0.2) is 0 Å². The maximum Gasteiger partial charge on any atom is 0.235 e. The van der Waals surface area contributed by atoms with Crippen molar-refractivity contribution in [3.63, 3.8) is 0 Å². The second-order valence-corrected chi connectivity index (χ2v) is 8.52. The van der Waals surface area contributed by atoms with Crippen LogP contribution in [0.5, 0.6) is 0 Å². The molecule has 0 heterocycles. The van der Waals surface area contributed by atoms with E-state index in [2.05, 4.69) is 5.32 Å². The lowest BCUT2D eigenvalue weighted by atomic mass is 10.2. The smallest absolute Gasteiger partial charge is 0.235 e. The fraction of sp³-hybridized carbons (Fsp3) is 0.364. The van der Waals surface area contributed by atoms with Gasteiger partial charge in [0.25, 0.3) is 0 Å².